The summed E-state index contributed by atoms with van der Waals surface area (Å²) < 4.78 is 16.9. The van der Waals surface area contributed by atoms with E-state index in [2.05, 4.69) is 52.0 Å². The van der Waals surface area contributed by atoms with Crippen LogP contribution in [0.5, 0.6) is 11.5 Å². The molecule has 3 atom stereocenters. The van der Waals surface area contributed by atoms with Crippen LogP contribution in [0.2, 0.25) is 0 Å². The smallest absolute Gasteiger partial charge is 0.119 e. The number of hydrogen-bond donors (Lipinski definition) is 2. The molecule has 5 nitrogen and oxygen atoms in total. The van der Waals surface area contributed by atoms with E-state index < -0.39 is 12.2 Å². The molecule has 180 valence electrons. The Hall–Kier alpha value is -2.08. The summed E-state index contributed by atoms with van der Waals surface area (Å²) in [7, 11) is 1.57. The van der Waals surface area contributed by atoms with Gasteiger partial charge in [0.2, 0.25) is 0 Å². The third kappa shape index (κ3) is 4.39. The highest BCUT2D eigenvalue weighted by Gasteiger charge is 2.56. The predicted molar refractivity (Wildman–Crippen MR) is 130 cm³/mol. The van der Waals surface area contributed by atoms with Crippen molar-refractivity contribution in [3.63, 3.8) is 0 Å². The summed E-state index contributed by atoms with van der Waals surface area (Å²) >= 11 is 0. The van der Waals surface area contributed by atoms with E-state index in [9.17, 15) is 10.2 Å². The molecule has 5 heteroatoms. The van der Waals surface area contributed by atoms with Crippen molar-refractivity contribution in [3.05, 3.63) is 58.7 Å². The summed E-state index contributed by atoms with van der Waals surface area (Å²) in [5.74, 6) is 1.57. The average Bonchev–Trinajstić information content (AvgIpc) is 3.10. The van der Waals surface area contributed by atoms with Gasteiger partial charge < -0.3 is 24.4 Å². The Kier molecular flexibility index (Phi) is 6.27. The van der Waals surface area contributed by atoms with E-state index >= 15 is 0 Å². The first-order chi connectivity index (χ1) is 15.5. The molecule has 0 aromatic heterocycles. The average molecular weight is 455 g/mol. The molecule has 2 aliphatic carbocycles. The van der Waals surface area contributed by atoms with Gasteiger partial charge in [0.1, 0.15) is 30.8 Å². The molecule has 2 aromatic rings. The van der Waals surface area contributed by atoms with Crippen LogP contribution in [-0.2, 0) is 21.0 Å². The van der Waals surface area contributed by atoms with E-state index in [1.54, 1.807) is 14.0 Å². The van der Waals surface area contributed by atoms with Gasteiger partial charge in [-0.2, -0.15) is 0 Å². The Labute approximate surface area is 197 Å². The molecule has 4 rings (SSSR count). The van der Waals surface area contributed by atoms with Gasteiger partial charge in [-0.1, -0.05) is 39.8 Å². The lowest BCUT2D eigenvalue weighted by Gasteiger charge is -2.31. The summed E-state index contributed by atoms with van der Waals surface area (Å²) in [6, 6.07) is 12.8. The van der Waals surface area contributed by atoms with Crippen LogP contribution in [0.15, 0.2) is 36.4 Å². The lowest BCUT2D eigenvalue weighted by Crippen LogP contribution is -2.27. The zero-order chi connectivity index (χ0) is 24.0. The molecule has 0 radical (unpaired) electrons. The summed E-state index contributed by atoms with van der Waals surface area (Å²) in [6.07, 6.45) is 0.860. The van der Waals surface area contributed by atoms with Crippen molar-refractivity contribution in [2.75, 3.05) is 26.9 Å². The maximum atomic E-state index is 10.0. The molecule has 2 aliphatic rings. The molecular formula is C28H38O5. The third-order valence-corrected chi connectivity index (χ3v) is 7.25. The van der Waals surface area contributed by atoms with Gasteiger partial charge in [0.15, 0.2) is 0 Å². The quantitative estimate of drug-likeness (QED) is 0.616. The Bertz CT molecular complexity index is 1010. The van der Waals surface area contributed by atoms with Crippen molar-refractivity contribution in [1.82, 2.24) is 0 Å². The highest BCUT2D eigenvalue weighted by atomic mass is 16.5. The summed E-state index contributed by atoms with van der Waals surface area (Å²) in [6.45, 7) is 11.7. The molecule has 0 fully saturated rings. The van der Waals surface area contributed by atoms with Crippen LogP contribution in [0.1, 0.15) is 69.7 Å². The van der Waals surface area contributed by atoms with Gasteiger partial charge in [0.25, 0.3) is 0 Å². The van der Waals surface area contributed by atoms with E-state index in [-0.39, 0.29) is 36.1 Å². The number of hydrogen-bond acceptors (Lipinski definition) is 5. The highest BCUT2D eigenvalue weighted by Crippen LogP contribution is 2.63. The monoisotopic (exact) mass is 454 g/mol. The molecule has 2 N–H and O–H groups in total. The van der Waals surface area contributed by atoms with Crippen LogP contribution in [0.3, 0.4) is 0 Å². The molecule has 0 saturated carbocycles. The lowest BCUT2D eigenvalue weighted by molar-refractivity contribution is 0.0325. The normalized spacial score (nSPS) is 23.8. The fourth-order valence-electron chi connectivity index (χ4n) is 6.14. The van der Waals surface area contributed by atoms with Gasteiger partial charge in [0.05, 0.1) is 12.7 Å². The van der Waals surface area contributed by atoms with Crippen molar-refractivity contribution in [1.29, 1.82) is 0 Å². The highest BCUT2D eigenvalue weighted by molar-refractivity contribution is 5.61. The first kappa shape index (κ1) is 24.1. The number of rotatable bonds is 8. The standard InChI is InChI=1S/C28H38O5/c1-18(29)13-32-20-7-9-22-24(11-20)28(16-26(22,2)3)17-27(4,5)23-10-8-21(12-25(23)28)33-15-19(30)14-31-6/h7-12,18-19,29-30H,13-17H2,1-6H3. The summed E-state index contributed by atoms with van der Waals surface area (Å²) in [5.41, 5.74) is 5.26. The van der Waals surface area contributed by atoms with Crippen LogP contribution < -0.4 is 9.47 Å². The Morgan fingerprint density at radius 2 is 1.24 bits per heavy atom. The van der Waals surface area contributed by atoms with Crippen LogP contribution >= 0.6 is 0 Å². The number of aliphatic hydroxyl groups excluding tert-OH is 2. The van der Waals surface area contributed by atoms with Crippen molar-refractivity contribution < 1.29 is 24.4 Å². The Morgan fingerprint density at radius 3 is 1.70 bits per heavy atom. The second-order valence-corrected chi connectivity index (χ2v) is 11.2. The minimum absolute atomic E-state index is 0.0254. The maximum absolute atomic E-state index is 10.0. The van der Waals surface area contributed by atoms with Gasteiger partial charge in [0, 0.05) is 12.5 Å². The Balaban J connectivity index is 1.77. The van der Waals surface area contributed by atoms with Crippen LogP contribution in [-0.4, -0.2) is 49.4 Å². The second-order valence-electron chi connectivity index (χ2n) is 11.2. The molecule has 0 aliphatic heterocycles. The molecule has 33 heavy (non-hydrogen) atoms. The minimum atomic E-state index is -0.659. The number of ether oxygens (including phenoxy) is 3. The Morgan fingerprint density at radius 1 is 0.758 bits per heavy atom. The molecule has 0 amide bonds. The molecule has 1 spiro atoms. The summed E-state index contributed by atoms with van der Waals surface area (Å²) in [4.78, 5) is 0. The van der Waals surface area contributed by atoms with Gasteiger partial charge in [-0.3, -0.25) is 0 Å². The SMILES string of the molecule is COCC(O)COc1ccc2c(c1)C1(CC(C)(C)c3ccc(OCC(C)O)cc31)CC2(C)C. The van der Waals surface area contributed by atoms with Crippen LogP contribution in [0.4, 0.5) is 0 Å². The van der Waals surface area contributed by atoms with E-state index in [4.69, 9.17) is 14.2 Å². The van der Waals surface area contributed by atoms with Crippen molar-refractivity contribution in [3.8, 4) is 11.5 Å². The molecule has 0 heterocycles. The molecular weight excluding hydrogens is 416 g/mol. The topological polar surface area (TPSA) is 68.2 Å². The van der Waals surface area contributed by atoms with Gasteiger partial charge >= 0.3 is 0 Å². The van der Waals surface area contributed by atoms with Crippen LogP contribution in [0.25, 0.3) is 0 Å². The number of aliphatic hydroxyl groups is 2. The van der Waals surface area contributed by atoms with E-state index in [1.807, 2.05) is 12.1 Å². The van der Waals surface area contributed by atoms with Crippen molar-refractivity contribution >= 4 is 0 Å². The van der Waals surface area contributed by atoms with Crippen molar-refractivity contribution in [2.24, 2.45) is 0 Å². The molecule has 0 bridgehead atoms. The van der Waals surface area contributed by atoms with E-state index in [1.165, 1.54) is 22.3 Å². The van der Waals surface area contributed by atoms with E-state index in [0.29, 0.717) is 0 Å². The largest absolute Gasteiger partial charge is 0.491 e. The van der Waals surface area contributed by atoms with Crippen molar-refractivity contribution in [2.45, 2.75) is 75.9 Å². The molecule has 0 saturated heterocycles. The summed E-state index contributed by atoms with van der Waals surface area (Å²) in [5, 5.41) is 19.7. The lowest BCUT2D eigenvalue weighted by atomic mass is 9.72. The second kappa shape index (κ2) is 8.61. The minimum Gasteiger partial charge on any atom is -0.491 e. The molecule has 2 aromatic carbocycles. The van der Waals surface area contributed by atoms with Crippen LogP contribution in [0, 0.1) is 0 Å². The first-order valence-corrected chi connectivity index (χ1v) is 11.9. The zero-order valence-corrected chi connectivity index (χ0v) is 20.8. The first-order valence-electron chi connectivity index (χ1n) is 11.9. The number of fused-ring (bicyclic) bond motifs is 4. The zero-order valence-electron chi connectivity index (χ0n) is 20.8. The maximum Gasteiger partial charge on any atom is 0.119 e. The van der Waals surface area contributed by atoms with Gasteiger partial charge in [-0.15, -0.1) is 0 Å². The third-order valence-electron chi connectivity index (χ3n) is 7.25. The van der Waals surface area contributed by atoms with Gasteiger partial charge in [-0.25, -0.2) is 0 Å². The van der Waals surface area contributed by atoms with E-state index in [0.717, 1.165) is 24.3 Å². The fourth-order valence-corrected chi connectivity index (χ4v) is 6.14. The number of benzene rings is 2. The fraction of sp³-hybridized carbons (Fsp3) is 0.571. The predicted octanol–water partition coefficient (Wildman–Crippen LogP) is 4.48. The van der Waals surface area contributed by atoms with Gasteiger partial charge in [-0.05, 0) is 77.1 Å². The number of methoxy groups -OCH3 is 1. The molecule has 3 unspecified atom stereocenters.